The minimum absolute atomic E-state index is 2.21. The van der Waals surface area contributed by atoms with Gasteiger partial charge in [0.2, 0.25) is 6.17 Å². The Morgan fingerprint density at radius 3 is 1.91 bits per heavy atom. The normalized spacial score (nSPS) is 17.5. The molecule has 0 heterocycles. The van der Waals surface area contributed by atoms with Crippen LogP contribution in [0, 0.1) is 0 Å². The Morgan fingerprint density at radius 2 is 1.82 bits per heavy atom. The Hall–Kier alpha value is -0.850. The zero-order valence-electron chi connectivity index (χ0n) is 5.10. The SMILES string of the molecule is N[C@H](C(F)C(=O)O)C(F)(F)F. The van der Waals surface area contributed by atoms with E-state index < -0.39 is 24.4 Å². The van der Waals surface area contributed by atoms with Crippen LogP contribution in [0.15, 0.2) is 0 Å². The summed E-state index contributed by atoms with van der Waals surface area (Å²) >= 11 is 0. The highest BCUT2D eigenvalue weighted by Gasteiger charge is 2.45. The summed E-state index contributed by atoms with van der Waals surface area (Å²) in [5.41, 5.74) is 4.21. The van der Waals surface area contributed by atoms with Gasteiger partial charge in [0.1, 0.15) is 6.04 Å². The van der Waals surface area contributed by atoms with E-state index in [4.69, 9.17) is 5.11 Å². The zero-order chi connectivity index (χ0) is 9.23. The summed E-state index contributed by atoms with van der Waals surface area (Å²) in [5, 5.41) is 7.76. The predicted molar refractivity (Wildman–Crippen MR) is 26.6 cm³/mol. The second-order valence-corrected chi connectivity index (χ2v) is 1.81. The Morgan fingerprint density at radius 1 is 1.45 bits per heavy atom. The second-order valence-electron chi connectivity index (χ2n) is 1.81. The van der Waals surface area contributed by atoms with Crippen LogP contribution in [0.1, 0.15) is 0 Å². The van der Waals surface area contributed by atoms with E-state index in [0.29, 0.717) is 0 Å². The highest BCUT2D eigenvalue weighted by Crippen LogP contribution is 2.22. The number of hydrogen-bond acceptors (Lipinski definition) is 2. The molecule has 3 nitrogen and oxygen atoms in total. The molecule has 0 saturated carbocycles. The standard InChI is InChI=1S/C4H5F4NO2/c5-1(3(10)11)2(9)4(6,7)8/h1-2H,9H2,(H,10,11)/t1?,2-/m1/s1. The van der Waals surface area contributed by atoms with Gasteiger partial charge in [-0.2, -0.15) is 13.2 Å². The average Bonchev–Trinajstić information content (AvgIpc) is 1.82. The quantitative estimate of drug-likeness (QED) is 0.593. The predicted octanol–water partition coefficient (Wildman–Crippen LogP) is 0.299. The van der Waals surface area contributed by atoms with Gasteiger partial charge in [0.15, 0.2) is 0 Å². The highest BCUT2D eigenvalue weighted by atomic mass is 19.4. The average molecular weight is 175 g/mol. The Balaban J connectivity index is 4.25. The summed E-state index contributed by atoms with van der Waals surface area (Å²) in [6.07, 6.45) is -8.12. The molecule has 1 unspecified atom stereocenters. The number of alkyl halides is 4. The maximum atomic E-state index is 12.0. The van der Waals surface area contributed by atoms with Gasteiger partial charge in [0, 0.05) is 0 Å². The maximum absolute atomic E-state index is 12.0. The first-order valence-corrected chi connectivity index (χ1v) is 2.46. The van der Waals surface area contributed by atoms with Gasteiger partial charge in [0.05, 0.1) is 0 Å². The topological polar surface area (TPSA) is 63.3 Å². The van der Waals surface area contributed by atoms with Gasteiger partial charge in [0.25, 0.3) is 0 Å². The van der Waals surface area contributed by atoms with Crippen LogP contribution < -0.4 is 5.73 Å². The molecule has 0 aliphatic heterocycles. The number of hydrogen-bond donors (Lipinski definition) is 2. The number of carboxylic acids is 1. The van der Waals surface area contributed by atoms with Gasteiger partial charge in [-0.1, -0.05) is 0 Å². The first-order chi connectivity index (χ1) is 4.76. The summed E-state index contributed by atoms with van der Waals surface area (Å²) in [5.74, 6) is -2.21. The van der Waals surface area contributed by atoms with Crippen molar-refractivity contribution in [1.82, 2.24) is 0 Å². The van der Waals surface area contributed by atoms with Crippen molar-refractivity contribution in [1.29, 1.82) is 0 Å². The van der Waals surface area contributed by atoms with Gasteiger partial charge in [-0.15, -0.1) is 0 Å². The number of halogens is 4. The van der Waals surface area contributed by atoms with Crippen molar-refractivity contribution >= 4 is 5.97 Å². The Kier molecular flexibility index (Phi) is 2.80. The molecule has 0 aromatic heterocycles. The van der Waals surface area contributed by atoms with Crippen LogP contribution in [0.5, 0.6) is 0 Å². The Bertz CT molecular complexity index is 157. The lowest BCUT2D eigenvalue weighted by atomic mass is 10.2. The molecule has 3 N–H and O–H groups in total. The molecule has 0 aromatic rings. The molecule has 0 aliphatic carbocycles. The van der Waals surface area contributed by atoms with Gasteiger partial charge in [-0.25, -0.2) is 9.18 Å². The van der Waals surface area contributed by atoms with Crippen molar-refractivity contribution in [2.45, 2.75) is 18.4 Å². The molecule has 0 rings (SSSR count). The maximum Gasteiger partial charge on any atom is 0.407 e. The van der Waals surface area contributed by atoms with E-state index in [1.54, 1.807) is 0 Å². The van der Waals surface area contributed by atoms with Gasteiger partial charge < -0.3 is 10.8 Å². The minimum Gasteiger partial charge on any atom is -0.479 e. The van der Waals surface area contributed by atoms with Crippen LogP contribution in [0.25, 0.3) is 0 Å². The van der Waals surface area contributed by atoms with Crippen molar-refractivity contribution in [3.8, 4) is 0 Å². The largest absolute Gasteiger partial charge is 0.479 e. The molecule has 0 radical (unpaired) electrons. The van der Waals surface area contributed by atoms with E-state index in [1.165, 1.54) is 0 Å². The van der Waals surface area contributed by atoms with Gasteiger partial charge in [-0.3, -0.25) is 0 Å². The molecule has 0 bridgehead atoms. The monoisotopic (exact) mass is 175 g/mol. The van der Waals surface area contributed by atoms with E-state index in [0.717, 1.165) is 0 Å². The summed E-state index contributed by atoms with van der Waals surface area (Å²) in [7, 11) is 0. The zero-order valence-corrected chi connectivity index (χ0v) is 5.10. The second kappa shape index (κ2) is 3.04. The molecule has 11 heavy (non-hydrogen) atoms. The van der Waals surface area contributed by atoms with E-state index in [1.807, 2.05) is 0 Å². The van der Waals surface area contributed by atoms with E-state index in [2.05, 4.69) is 5.73 Å². The molecule has 0 spiro atoms. The third-order valence-corrected chi connectivity index (χ3v) is 0.929. The summed E-state index contributed by atoms with van der Waals surface area (Å²) in [4.78, 5) is 9.63. The van der Waals surface area contributed by atoms with Gasteiger partial charge in [-0.05, 0) is 0 Å². The fourth-order valence-corrected chi connectivity index (χ4v) is 0.320. The Labute approximate surface area is 58.8 Å². The molecule has 2 atom stereocenters. The third kappa shape index (κ3) is 2.71. The van der Waals surface area contributed by atoms with Crippen molar-refractivity contribution in [3.63, 3.8) is 0 Å². The lowest BCUT2D eigenvalue weighted by Gasteiger charge is -2.15. The van der Waals surface area contributed by atoms with Crippen LogP contribution in [0.2, 0.25) is 0 Å². The molecule has 0 fully saturated rings. The summed E-state index contributed by atoms with van der Waals surface area (Å²) in [6.45, 7) is 0. The number of carboxylic acid groups (broad SMARTS) is 1. The number of nitrogens with two attached hydrogens (primary N) is 1. The number of rotatable bonds is 2. The van der Waals surface area contributed by atoms with Crippen molar-refractivity contribution in [2.24, 2.45) is 5.73 Å². The molecule has 0 amide bonds. The third-order valence-electron chi connectivity index (χ3n) is 0.929. The van der Waals surface area contributed by atoms with E-state index in [9.17, 15) is 22.4 Å². The molecule has 0 saturated heterocycles. The molecule has 0 aromatic carbocycles. The van der Waals surface area contributed by atoms with Crippen LogP contribution in [0.4, 0.5) is 17.6 Å². The van der Waals surface area contributed by atoms with Crippen LogP contribution in [-0.2, 0) is 4.79 Å². The number of carbonyl (C=O) groups is 1. The first kappa shape index (κ1) is 10.2. The van der Waals surface area contributed by atoms with Gasteiger partial charge >= 0.3 is 12.1 Å². The van der Waals surface area contributed by atoms with E-state index in [-0.39, 0.29) is 0 Å². The lowest BCUT2D eigenvalue weighted by molar-refractivity contribution is -0.174. The van der Waals surface area contributed by atoms with Crippen molar-refractivity contribution in [2.75, 3.05) is 0 Å². The molecular weight excluding hydrogens is 170 g/mol. The van der Waals surface area contributed by atoms with Crippen LogP contribution in [0.3, 0.4) is 0 Å². The highest BCUT2D eigenvalue weighted by molar-refractivity contribution is 5.73. The number of aliphatic carboxylic acids is 1. The van der Waals surface area contributed by atoms with E-state index >= 15 is 0 Å². The fourth-order valence-electron chi connectivity index (χ4n) is 0.320. The van der Waals surface area contributed by atoms with Crippen molar-refractivity contribution in [3.05, 3.63) is 0 Å². The minimum atomic E-state index is -5.02. The van der Waals surface area contributed by atoms with Crippen LogP contribution >= 0.6 is 0 Å². The van der Waals surface area contributed by atoms with Crippen LogP contribution in [-0.4, -0.2) is 29.5 Å². The molecule has 7 heteroatoms. The smallest absolute Gasteiger partial charge is 0.407 e. The fraction of sp³-hybridized carbons (Fsp3) is 0.750. The summed E-state index contributed by atoms with van der Waals surface area (Å²) < 4.78 is 46.3. The lowest BCUT2D eigenvalue weighted by Crippen LogP contribution is -2.48. The summed E-state index contributed by atoms with van der Waals surface area (Å²) in [6, 6.07) is -2.96. The van der Waals surface area contributed by atoms with Crippen molar-refractivity contribution < 1.29 is 27.5 Å². The molecular formula is C4H5F4NO2. The first-order valence-electron chi connectivity index (χ1n) is 2.46. The molecule has 0 aliphatic rings. The molecule has 66 valence electrons.